The summed E-state index contributed by atoms with van der Waals surface area (Å²) in [6, 6.07) is 2.77. The van der Waals surface area contributed by atoms with Crippen molar-refractivity contribution in [3.8, 4) is 5.75 Å². The highest BCUT2D eigenvalue weighted by Crippen LogP contribution is 2.11. The van der Waals surface area contributed by atoms with E-state index in [-0.39, 0.29) is 11.3 Å². The van der Waals surface area contributed by atoms with Gasteiger partial charge in [0.15, 0.2) is 0 Å². The zero-order valence-corrected chi connectivity index (χ0v) is 6.49. The molecular weight excluding hydrogens is 158 g/mol. The lowest BCUT2D eigenvalue weighted by Crippen LogP contribution is -2.28. The maximum absolute atomic E-state index is 11.2. The van der Waals surface area contributed by atoms with Crippen LogP contribution in [0, 0.1) is 0 Å². The summed E-state index contributed by atoms with van der Waals surface area (Å²) < 4.78 is 6.75. The zero-order valence-electron chi connectivity index (χ0n) is 6.49. The molecule has 2 heterocycles. The molecule has 0 saturated carbocycles. The molecule has 1 N–H and O–H groups in total. The minimum Gasteiger partial charge on any atom is -0.508 e. The second-order valence-electron chi connectivity index (χ2n) is 2.75. The lowest BCUT2D eigenvalue weighted by molar-refractivity contribution is 0.0821. The van der Waals surface area contributed by atoms with Gasteiger partial charge in [-0.3, -0.25) is 4.79 Å². The largest absolute Gasteiger partial charge is 0.508 e. The molecule has 1 aliphatic heterocycles. The Labute approximate surface area is 69.0 Å². The molecule has 0 unspecified atom stereocenters. The zero-order chi connectivity index (χ0) is 8.55. The van der Waals surface area contributed by atoms with Gasteiger partial charge in [-0.15, -0.1) is 0 Å². The van der Waals surface area contributed by atoms with Crippen molar-refractivity contribution in [1.82, 2.24) is 4.57 Å². The molecule has 0 atom stereocenters. The number of aromatic hydroxyl groups is 1. The topological polar surface area (TPSA) is 51.5 Å². The summed E-state index contributed by atoms with van der Waals surface area (Å²) in [5.41, 5.74) is 0.583. The molecule has 2 rings (SSSR count). The van der Waals surface area contributed by atoms with Gasteiger partial charge in [0.25, 0.3) is 5.56 Å². The molecule has 1 aliphatic rings. The third kappa shape index (κ3) is 1.10. The van der Waals surface area contributed by atoms with Crippen LogP contribution in [0.2, 0.25) is 0 Å². The van der Waals surface area contributed by atoms with E-state index in [1.54, 1.807) is 10.6 Å². The van der Waals surface area contributed by atoms with E-state index in [4.69, 9.17) is 9.84 Å². The minimum absolute atomic E-state index is 0.0109. The summed E-state index contributed by atoms with van der Waals surface area (Å²) in [4.78, 5) is 11.2. The summed E-state index contributed by atoms with van der Waals surface area (Å²) in [6.07, 6.45) is 0. The summed E-state index contributed by atoms with van der Waals surface area (Å²) in [5, 5.41) is 9.10. The molecule has 1 aromatic rings. The van der Waals surface area contributed by atoms with Crippen LogP contribution in [-0.4, -0.2) is 16.3 Å². The van der Waals surface area contributed by atoms with Crippen LogP contribution >= 0.6 is 0 Å². The highest BCUT2D eigenvalue weighted by atomic mass is 16.5. The van der Waals surface area contributed by atoms with Gasteiger partial charge >= 0.3 is 0 Å². The molecule has 0 aromatic carbocycles. The number of rotatable bonds is 0. The summed E-state index contributed by atoms with van der Waals surface area (Å²) in [6.45, 7) is 1.55. The van der Waals surface area contributed by atoms with E-state index in [0.29, 0.717) is 19.8 Å². The van der Waals surface area contributed by atoms with Crippen LogP contribution in [0.3, 0.4) is 0 Å². The molecule has 0 radical (unpaired) electrons. The molecule has 4 heteroatoms. The molecule has 0 fully saturated rings. The van der Waals surface area contributed by atoms with Gasteiger partial charge in [-0.1, -0.05) is 0 Å². The Kier molecular flexibility index (Phi) is 1.62. The Balaban J connectivity index is 2.60. The van der Waals surface area contributed by atoms with E-state index in [1.807, 2.05) is 0 Å². The van der Waals surface area contributed by atoms with Crippen molar-refractivity contribution in [2.24, 2.45) is 0 Å². The highest BCUT2D eigenvalue weighted by molar-refractivity contribution is 5.22. The van der Waals surface area contributed by atoms with E-state index in [0.717, 1.165) is 5.69 Å². The number of ether oxygens (including phenoxy) is 1. The average molecular weight is 167 g/mol. The van der Waals surface area contributed by atoms with E-state index in [2.05, 4.69) is 0 Å². The smallest absolute Gasteiger partial charge is 0.254 e. The van der Waals surface area contributed by atoms with Gasteiger partial charge in [-0.05, 0) is 0 Å². The number of pyridine rings is 1. The van der Waals surface area contributed by atoms with Crippen LogP contribution in [0.15, 0.2) is 16.9 Å². The number of hydrogen-bond donors (Lipinski definition) is 1. The third-order valence-electron chi connectivity index (χ3n) is 1.91. The quantitative estimate of drug-likeness (QED) is 0.595. The fourth-order valence-corrected chi connectivity index (χ4v) is 1.34. The van der Waals surface area contributed by atoms with E-state index in [9.17, 15) is 4.79 Å². The lowest BCUT2D eigenvalue weighted by Gasteiger charge is -2.18. The first kappa shape index (κ1) is 7.36. The molecule has 12 heavy (non-hydrogen) atoms. The average Bonchev–Trinajstić information content (AvgIpc) is 2.04. The Morgan fingerprint density at radius 1 is 1.50 bits per heavy atom. The van der Waals surface area contributed by atoms with Crippen molar-refractivity contribution < 1.29 is 9.84 Å². The molecule has 0 aliphatic carbocycles. The summed E-state index contributed by atoms with van der Waals surface area (Å²) >= 11 is 0. The standard InChI is InChI=1S/C8H9NO3/c10-7-3-6-5-12-2-1-9(6)8(11)4-7/h3-4,10H,1-2,5H2. The summed E-state index contributed by atoms with van der Waals surface area (Å²) in [7, 11) is 0. The van der Waals surface area contributed by atoms with Crippen molar-refractivity contribution >= 4 is 0 Å². The molecule has 0 saturated heterocycles. The predicted octanol–water partition coefficient (Wildman–Crippen LogP) is 0.0841. The van der Waals surface area contributed by atoms with E-state index in [1.165, 1.54) is 6.07 Å². The molecule has 0 spiro atoms. The minimum atomic E-state index is -0.159. The number of nitrogens with zero attached hydrogens (tertiary/aromatic N) is 1. The normalized spacial score (nSPS) is 15.7. The van der Waals surface area contributed by atoms with E-state index < -0.39 is 0 Å². The summed E-state index contributed by atoms with van der Waals surface area (Å²) in [5.74, 6) is 0.0109. The van der Waals surface area contributed by atoms with Gasteiger partial charge < -0.3 is 14.4 Å². The number of fused-ring (bicyclic) bond motifs is 1. The monoisotopic (exact) mass is 167 g/mol. The van der Waals surface area contributed by atoms with Gasteiger partial charge in [-0.2, -0.15) is 0 Å². The van der Waals surface area contributed by atoms with Crippen LogP contribution in [0.4, 0.5) is 0 Å². The molecule has 1 aromatic heterocycles. The highest BCUT2D eigenvalue weighted by Gasteiger charge is 2.10. The van der Waals surface area contributed by atoms with Crippen LogP contribution in [0.25, 0.3) is 0 Å². The van der Waals surface area contributed by atoms with Crippen LogP contribution < -0.4 is 5.56 Å². The Morgan fingerprint density at radius 3 is 3.17 bits per heavy atom. The fraction of sp³-hybridized carbons (Fsp3) is 0.375. The van der Waals surface area contributed by atoms with Crippen LogP contribution in [-0.2, 0) is 17.9 Å². The lowest BCUT2D eigenvalue weighted by atomic mass is 10.3. The first-order valence-corrected chi connectivity index (χ1v) is 3.78. The third-order valence-corrected chi connectivity index (χ3v) is 1.91. The fourth-order valence-electron chi connectivity index (χ4n) is 1.34. The van der Waals surface area contributed by atoms with Crippen molar-refractivity contribution in [2.75, 3.05) is 6.61 Å². The van der Waals surface area contributed by atoms with E-state index >= 15 is 0 Å². The maximum Gasteiger partial charge on any atom is 0.254 e. The van der Waals surface area contributed by atoms with Gasteiger partial charge in [0.1, 0.15) is 5.75 Å². The maximum atomic E-state index is 11.2. The Bertz CT molecular complexity index is 356. The molecule has 0 bridgehead atoms. The Hall–Kier alpha value is -1.29. The van der Waals surface area contributed by atoms with Gasteiger partial charge in [0, 0.05) is 18.7 Å². The van der Waals surface area contributed by atoms with Crippen LogP contribution in [0.1, 0.15) is 5.69 Å². The number of hydrogen-bond acceptors (Lipinski definition) is 3. The second kappa shape index (κ2) is 2.64. The first-order valence-electron chi connectivity index (χ1n) is 3.78. The van der Waals surface area contributed by atoms with Crippen molar-refractivity contribution in [1.29, 1.82) is 0 Å². The van der Waals surface area contributed by atoms with Gasteiger partial charge in [-0.25, -0.2) is 0 Å². The SMILES string of the molecule is O=c1cc(O)cc2n1CCOC2. The molecular formula is C8H9NO3. The molecule has 0 amide bonds. The predicted molar refractivity (Wildman–Crippen MR) is 42.0 cm³/mol. The van der Waals surface area contributed by atoms with Crippen molar-refractivity contribution in [3.63, 3.8) is 0 Å². The van der Waals surface area contributed by atoms with Gasteiger partial charge in [0.05, 0.1) is 18.9 Å². The van der Waals surface area contributed by atoms with Crippen LogP contribution in [0.5, 0.6) is 5.75 Å². The molecule has 4 nitrogen and oxygen atoms in total. The Morgan fingerprint density at radius 2 is 2.33 bits per heavy atom. The van der Waals surface area contributed by atoms with Crippen molar-refractivity contribution in [2.45, 2.75) is 13.2 Å². The van der Waals surface area contributed by atoms with Crippen molar-refractivity contribution in [3.05, 3.63) is 28.2 Å². The second-order valence-corrected chi connectivity index (χ2v) is 2.75. The first-order chi connectivity index (χ1) is 5.77. The molecule has 64 valence electrons. The number of aromatic nitrogens is 1. The van der Waals surface area contributed by atoms with Gasteiger partial charge in [0.2, 0.25) is 0 Å².